The summed E-state index contributed by atoms with van der Waals surface area (Å²) in [7, 11) is 1.68. The second-order valence-electron chi connectivity index (χ2n) is 3.14. The highest BCUT2D eigenvalue weighted by Crippen LogP contribution is 2.21. The fourth-order valence-corrected chi connectivity index (χ4v) is 1.69. The van der Waals surface area contributed by atoms with Crippen molar-refractivity contribution in [1.82, 2.24) is 9.78 Å². The minimum Gasteiger partial charge on any atom is -0.493 e. The van der Waals surface area contributed by atoms with Crippen molar-refractivity contribution in [2.75, 3.05) is 12.4 Å². The molecule has 1 aromatic rings. The van der Waals surface area contributed by atoms with Gasteiger partial charge in [0, 0.05) is 17.8 Å². The van der Waals surface area contributed by atoms with Crippen LogP contribution in [0, 0.1) is 0 Å². The van der Waals surface area contributed by atoms with Crippen molar-refractivity contribution in [3.05, 3.63) is 11.9 Å². The third-order valence-electron chi connectivity index (χ3n) is 1.90. The predicted molar refractivity (Wildman–Crippen MR) is 56.7 cm³/mol. The summed E-state index contributed by atoms with van der Waals surface area (Å²) in [5.41, 5.74) is 1.16. The van der Waals surface area contributed by atoms with E-state index in [2.05, 4.69) is 34.9 Å². The van der Waals surface area contributed by atoms with Gasteiger partial charge in [0.05, 0.1) is 19.0 Å². The maximum absolute atomic E-state index is 5.22. The van der Waals surface area contributed by atoms with Crippen LogP contribution in [0.3, 0.4) is 0 Å². The highest BCUT2D eigenvalue weighted by molar-refractivity contribution is 9.09. The van der Waals surface area contributed by atoms with Crippen molar-refractivity contribution in [2.24, 2.45) is 0 Å². The maximum atomic E-state index is 5.22. The lowest BCUT2D eigenvalue weighted by molar-refractivity contribution is 0.405. The minimum absolute atomic E-state index is 0.387. The molecule has 1 heterocycles. The molecule has 0 unspecified atom stereocenters. The normalized spacial score (nSPS) is 10.8. The fourth-order valence-electron chi connectivity index (χ4n) is 1.31. The molecule has 0 amide bonds. The highest BCUT2D eigenvalue weighted by Gasteiger charge is 2.12. The first-order valence-corrected chi connectivity index (χ1v) is 5.49. The highest BCUT2D eigenvalue weighted by atomic mass is 79.9. The Morgan fingerprint density at radius 1 is 1.62 bits per heavy atom. The van der Waals surface area contributed by atoms with Crippen LogP contribution < -0.4 is 4.74 Å². The number of halogens is 1. The summed E-state index contributed by atoms with van der Waals surface area (Å²) in [6.45, 7) is 4.23. The summed E-state index contributed by atoms with van der Waals surface area (Å²) >= 11 is 3.42. The van der Waals surface area contributed by atoms with Gasteiger partial charge < -0.3 is 4.74 Å². The van der Waals surface area contributed by atoms with Crippen LogP contribution >= 0.6 is 15.9 Å². The molecule has 1 aromatic heterocycles. The largest absolute Gasteiger partial charge is 0.493 e. The van der Waals surface area contributed by atoms with E-state index in [0.29, 0.717) is 6.04 Å². The molecule has 0 fully saturated rings. The lowest BCUT2D eigenvalue weighted by Gasteiger charge is -2.10. The van der Waals surface area contributed by atoms with Crippen LogP contribution in [0.15, 0.2) is 6.20 Å². The number of aromatic nitrogens is 2. The molecule has 1 rings (SSSR count). The molecule has 0 radical (unpaired) electrons. The van der Waals surface area contributed by atoms with E-state index in [-0.39, 0.29) is 0 Å². The smallest absolute Gasteiger partial charge is 0.159 e. The van der Waals surface area contributed by atoms with Crippen LogP contribution in [0.2, 0.25) is 0 Å². The van der Waals surface area contributed by atoms with Crippen molar-refractivity contribution in [3.63, 3.8) is 0 Å². The number of alkyl halides is 1. The molecule has 0 atom stereocenters. The predicted octanol–water partition coefficient (Wildman–Crippen LogP) is 2.41. The Kier molecular flexibility index (Phi) is 3.78. The first-order valence-electron chi connectivity index (χ1n) is 4.37. The Bertz CT molecular complexity index is 271. The number of hydrogen-bond acceptors (Lipinski definition) is 2. The van der Waals surface area contributed by atoms with Crippen LogP contribution in [0.4, 0.5) is 0 Å². The molecule has 0 aliphatic rings. The molecule has 0 aliphatic carbocycles. The van der Waals surface area contributed by atoms with E-state index >= 15 is 0 Å². The van der Waals surface area contributed by atoms with Crippen LogP contribution in [-0.2, 0) is 6.42 Å². The molecule has 3 nitrogen and oxygen atoms in total. The second-order valence-corrected chi connectivity index (χ2v) is 3.93. The zero-order valence-corrected chi connectivity index (χ0v) is 9.84. The van der Waals surface area contributed by atoms with Crippen molar-refractivity contribution < 1.29 is 4.74 Å². The number of rotatable bonds is 4. The van der Waals surface area contributed by atoms with Crippen molar-refractivity contribution in [1.29, 1.82) is 0 Å². The maximum Gasteiger partial charge on any atom is 0.159 e. The standard InChI is InChI=1S/C9H15BrN2O/c1-7(2)12-8(4-5-10)9(13-3)6-11-12/h6-7H,4-5H2,1-3H3. The van der Waals surface area contributed by atoms with Gasteiger partial charge in [-0.25, -0.2) is 0 Å². The molecule has 0 aliphatic heterocycles. The summed E-state index contributed by atoms with van der Waals surface area (Å²) in [5.74, 6) is 0.883. The lowest BCUT2D eigenvalue weighted by atomic mass is 10.3. The average Bonchev–Trinajstić information content (AvgIpc) is 2.48. The molecule has 0 aromatic carbocycles. The fraction of sp³-hybridized carbons (Fsp3) is 0.667. The molecule has 13 heavy (non-hydrogen) atoms. The van der Waals surface area contributed by atoms with Gasteiger partial charge in [-0.2, -0.15) is 5.10 Å². The molecular formula is C9H15BrN2O. The van der Waals surface area contributed by atoms with E-state index in [9.17, 15) is 0 Å². The quantitative estimate of drug-likeness (QED) is 0.764. The zero-order valence-electron chi connectivity index (χ0n) is 8.25. The number of nitrogens with zero attached hydrogens (tertiary/aromatic N) is 2. The van der Waals surface area contributed by atoms with Gasteiger partial charge in [-0.1, -0.05) is 15.9 Å². The molecule has 74 valence electrons. The average molecular weight is 247 g/mol. The van der Waals surface area contributed by atoms with Crippen LogP contribution in [0.5, 0.6) is 5.75 Å². The van der Waals surface area contributed by atoms with Gasteiger partial charge in [-0.3, -0.25) is 4.68 Å². The molecular weight excluding hydrogens is 232 g/mol. The van der Waals surface area contributed by atoms with Gasteiger partial charge in [0.15, 0.2) is 5.75 Å². The third kappa shape index (κ3) is 2.24. The SMILES string of the molecule is COc1cnn(C(C)C)c1CCBr. The Morgan fingerprint density at radius 3 is 2.77 bits per heavy atom. The van der Waals surface area contributed by atoms with Crippen molar-refractivity contribution in [3.8, 4) is 5.75 Å². The minimum atomic E-state index is 0.387. The van der Waals surface area contributed by atoms with Gasteiger partial charge >= 0.3 is 0 Å². The van der Waals surface area contributed by atoms with E-state index in [1.165, 1.54) is 0 Å². The van der Waals surface area contributed by atoms with Gasteiger partial charge in [-0.15, -0.1) is 0 Å². The van der Waals surface area contributed by atoms with Gasteiger partial charge in [0.25, 0.3) is 0 Å². The topological polar surface area (TPSA) is 27.1 Å². The Labute approximate surface area is 87.2 Å². The molecule has 4 heteroatoms. The lowest BCUT2D eigenvalue weighted by Crippen LogP contribution is -2.08. The van der Waals surface area contributed by atoms with E-state index in [1.54, 1.807) is 13.3 Å². The van der Waals surface area contributed by atoms with E-state index < -0.39 is 0 Å². The first kappa shape index (κ1) is 10.6. The summed E-state index contributed by atoms with van der Waals surface area (Å²) in [5, 5.41) is 5.21. The molecule has 0 bridgehead atoms. The molecule has 0 saturated heterocycles. The number of ether oxygens (including phenoxy) is 1. The summed E-state index contributed by atoms with van der Waals surface area (Å²) in [4.78, 5) is 0. The first-order chi connectivity index (χ1) is 6.20. The van der Waals surface area contributed by atoms with Crippen LogP contribution in [-0.4, -0.2) is 22.2 Å². The van der Waals surface area contributed by atoms with E-state index in [4.69, 9.17) is 4.74 Å². The molecule has 0 spiro atoms. The number of methoxy groups -OCH3 is 1. The molecule has 0 N–H and O–H groups in total. The summed E-state index contributed by atoms with van der Waals surface area (Å²) in [6, 6.07) is 0.387. The summed E-state index contributed by atoms with van der Waals surface area (Å²) in [6.07, 6.45) is 2.72. The van der Waals surface area contributed by atoms with Gasteiger partial charge in [-0.05, 0) is 13.8 Å². The Balaban J connectivity index is 2.99. The summed E-state index contributed by atoms with van der Waals surface area (Å²) < 4.78 is 7.22. The Morgan fingerprint density at radius 2 is 2.31 bits per heavy atom. The van der Waals surface area contributed by atoms with Crippen molar-refractivity contribution in [2.45, 2.75) is 26.3 Å². The van der Waals surface area contributed by atoms with Gasteiger partial charge in [0.2, 0.25) is 0 Å². The monoisotopic (exact) mass is 246 g/mol. The zero-order chi connectivity index (χ0) is 9.84. The third-order valence-corrected chi connectivity index (χ3v) is 2.30. The second kappa shape index (κ2) is 4.65. The molecule has 0 saturated carbocycles. The number of hydrogen-bond donors (Lipinski definition) is 0. The van der Waals surface area contributed by atoms with Crippen LogP contribution in [0.1, 0.15) is 25.6 Å². The van der Waals surface area contributed by atoms with Crippen molar-refractivity contribution >= 4 is 15.9 Å². The van der Waals surface area contributed by atoms with E-state index in [0.717, 1.165) is 23.2 Å². The van der Waals surface area contributed by atoms with Crippen LogP contribution in [0.25, 0.3) is 0 Å². The van der Waals surface area contributed by atoms with E-state index in [1.807, 2.05) is 4.68 Å². The Hall–Kier alpha value is -0.510. The van der Waals surface area contributed by atoms with Gasteiger partial charge in [0.1, 0.15) is 0 Å².